The molecule has 0 aromatic heterocycles. The second kappa shape index (κ2) is 18.9. The molecule has 0 aromatic carbocycles. The second-order valence-electron chi connectivity index (χ2n) is 6.66. The summed E-state index contributed by atoms with van der Waals surface area (Å²) in [6.07, 6.45) is 3.40. The first kappa shape index (κ1) is 28.8. The SMILES string of the molecule is C=CC(=O)OCC(C)CNCC(C)COC(=O)C=C.C=CC(=O)OCC(C)CO. The van der Waals surface area contributed by atoms with Gasteiger partial charge in [0.05, 0.1) is 19.8 Å². The third-order valence-corrected chi connectivity index (χ3v) is 3.33. The molecule has 8 heteroatoms. The van der Waals surface area contributed by atoms with Crippen molar-refractivity contribution in [2.24, 2.45) is 17.8 Å². The number of aliphatic hydroxyl groups excluding tert-OH is 1. The molecular weight excluding hydrogens is 378 g/mol. The highest BCUT2D eigenvalue weighted by Crippen LogP contribution is 1.98. The predicted molar refractivity (Wildman–Crippen MR) is 111 cm³/mol. The fourth-order valence-electron chi connectivity index (χ4n) is 1.60. The van der Waals surface area contributed by atoms with Crippen LogP contribution in [0, 0.1) is 17.8 Å². The largest absolute Gasteiger partial charge is 0.462 e. The minimum Gasteiger partial charge on any atom is -0.462 e. The van der Waals surface area contributed by atoms with E-state index < -0.39 is 17.9 Å². The number of ether oxygens (including phenoxy) is 3. The van der Waals surface area contributed by atoms with Crippen molar-refractivity contribution < 1.29 is 33.7 Å². The number of nitrogens with one attached hydrogen (secondary N) is 1. The molecule has 0 bridgehead atoms. The van der Waals surface area contributed by atoms with Crippen LogP contribution >= 0.6 is 0 Å². The maximum Gasteiger partial charge on any atom is 0.330 e. The van der Waals surface area contributed by atoms with Gasteiger partial charge in [0.15, 0.2) is 0 Å². The molecular formula is C21H35NO7. The molecule has 0 radical (unpaired) electrons. The van der Waals surface area contributed by atoms with Crippen molar-refractivity contribution in [3.63, 3.8) is 0 Å². The number of carbonyl (C=O) groups is 3. The topological polar surface area (TPSA) is 111 Å². The lowest BCUT2D eigenvalue weighted by atomic mass is 10.1. The van der Waals surface area contributed by atoms with E-state index >= 15 is 0 Å². The van der Waals surface area contributed by atoms with E-state index in [1.54, 1.807) is 6.92 Å². The van der Waals surface area contributed by atoms with Crippen LogP contribution in [0.1, 0.15) is 20.8 Å². The van der Waals surface area contributed by atoms with Crippen molar-refractivity contribution in [1.82, 2.24) is 5.32 Å². The normalized spacial score (nSPS) is 12.8. The lowest BCUT2D eigenvalue weighted by molar-refractivity contribution is -0.140. The molecule has 0 aromatic rings. The average Bonchev–Trinajstić information content (AvgIpc) is 2.73. The Labute approximate surface area is 173 Å². The van der Waals surface area contributed by atoms with Crippen LogP contribution in [0.2, 0.25) is 0 Å². The van der Waals surface area contributed by atoms with Gasteiger partial charge < -0.3 is 24.6 Å². The number of carbonyl (C=O) groups excluding carboxylic acids is 3. The number of aliphatic hydroxyl groups is 1. The summed E-state index contributed by atoms with van der Waals surface area (Å²) in [5.41, 5.74) is 0. The fourth-order valence-corrected chi connectivity index (χ4v) is 1.60. The Morgan fingerprint density at radius 3 is 1.34 bits per heavy atom. The van der Waals surface area contributed by atoms with E-state index in [-0.39, 0.29) is 31.0 Å². The molecule has 0 heterocycles. The van der Waals surface area contributed by atoms with Gasteiger partial charge in [-0.2, -0.15) is 0 Å². The molecule has 166 valence electrons. The van der Waals surface area contributed by atoms with Crippen LogP contribution in [0.3, 0.4) is 0 Å². The number of esters is 3. The predicted octanol–water partition coefficient (Wildman–Crippen LogP) is 1.65. The minimum atomic E-state index is -0.444. The highest BCUT2D eigenvalue weighted by molar-refractivity contribution is 5.81. The highest BCUT2D eigenvalue weighted by atomic mass is 16.5. The third-order valence-electron chi connectivity index (χ3n) is 3.33. The molecule has 0 saturated carbocycles. The lowest BCUT2D eigenvalue weighted by Gasteiger charge is -2.15. The van der Waals surface area contributed by atoms with Crippen molar-refractivity contribution in [3.8, 4) is 0 Å². The molecule has 0 aliphatic heterocycles. The van der Waals surface area contributed by atoms with Crippen LogP contribution in [0.5, 0.6) is 0 Å². The first-order valence-corrected chi connectivity index (χ1v) is 9.39. The summed E-state index contributed by atoms with van der Waals surface area (Å²) in [5, 5.41) is 11.7. The molecule has 0 amide bonds. The molecule has 29 heavy (non-hydrogen) atoms. The van der Waals surface area contributed by atoms with Gasteiger partial charge in [0.25, 0.3) is 0 Å². The van der Waals surface area contributed by atoms with Gasteiger partial charge in [-0.3, -0.25) is 0 Å². The Hall–Kier alpha value is -2.45. The van der Waals surface area contributed by atoms with E-state index in [0.717, 1.165) is 31.3 Å². The van der Waals surface area contributed by atoms with Gasteiger partial charge >= 0.3 is 17.9 Å². The van der Waals surface area contributed by atoms with E-state index in [1.807, 2.05) is 13.8 Å². The lowest BCUT2D eigenvalue weighted by Crippen LogP contribution is -2.30. The molecule has 8 nitrogen and oxygen atoms in total. The molecule has 0 saturated heterocycles. The summed E-state index contributed by atoms with van der Waals surface area (Å²) in [5.74, 6) is -0.823. The summed E-state index contributed by atoms with van der Waals surface area (Å²) in [7, 11) is 0. The zero-order chi connectivity index (χ0) is 22.7. The highest BCUT2D eigenvalue weighted by Gasteiger charge is 2.08. The van der Waals surface area contributed by atoms with E-state index in [4.69, 9.17) is 14.6 Å². The molecule has 3 unspecified atom stereocenters. The number of rotatable bonds is 14. The second-order valence-corrected chi connectivity index (χ2v) is 6.66. The summed E-state index contributed by atoms with van der Waals surface area (Å²) >= 11 is 0. The standard InChI is InChI=1S/C14H23NO4.C7H12O3/c1-5-13(16)18-9-11(3)7-15-8-12(4)10-19-14(17)6-2;1-3-7(9)10-5-6(2)4-8/h5-6,11-12,15H,1-2,7-10H2,3-4H3;3,6,8H,1,4-5H2,2H3. The van der Waals surface area contributed by atoms with Crippen molar-refractivity contribution >= 4 is 17.9 Å². The van der Waals surface area contributed by atoms with Crippen LogP contribution in [-0.4, -0.2) is 62.5 Å². The first-order valence-electron chi connectivity index (χ1n) is 9.39. The summed E-state index contributed by atoms with van der Waals surface area (Å²) in [6, 6.07) is 0. The Morgan fingerprint density at radius 2 is 1.07 bits per heavy atom. The van der Waals surface area contributed by atoms with Crippen molar-refractivity contribution in [1.29, 1.82) is 0 Å². The first-order chi connectivity index (χ1) is 13.7. The molecule has 2 N–H and O–H groups in total. The molecule has 0 aliphatic rings. The van der Waals surface area contributed by atoms with E-state index in [0.29, 0.717) is 13.2 Å². The quantitative estimate of drug-likeness (QED) is 0.251. The zero-order valence-electron chi connectivity index (χ0n) is 17.7. The van der Waals surface area contributed by atoms with Crippen molar-refractivity contribution in [3.05, 3.63) is 38.0 Å². The Bertz CT molecular complexity index is 489. The minimum absolute atomic E-state index is 0.00361. The van der Waals surface area contributed by atoms with Crippen molar-refractivity contribution in [2.75, 3.05) is 39.5 Å². The number of hydrogen-bond acceptors (Lipinski definition) is 8. The van der Waals surface area contributed by atoms with Crippen LogP contribution in [-0.2, 0) is 28.6 Å². The van der Waals surface area contributed by atoms with Gasteiger partial charge in [-0.15, -0.1) is 0 Å². The number of hydrogen-bond donors (Lipinski definition) is 2. The van der Waals surface area contributed by atoms with Gasteiger partial charge in [-0.1, -0.05) is 40.5 Å². The summed E-state index contributed by atoms with van der Waals surface area (Å²) in [6.45, 7) is 18.1. The van der Waals surface area contributed by atoms with Gasteiger partial charge in [-0.25, -0.2) is 14.4 Å². The maximum atomic E-state index is 10.9. The molecule has 0 spiro atoms. The summed E-state index contributed by atoms with van der Waals surface area (Å²) in [4.78, 5) is 32.1. The Morgan fingerprint density at radius 1 is 0.759 bits per heavy atom. The molecule has 0 aliphatic carbocycles. The van der Waals surface area contributed by atoms with Crippen LogP contribution in [0.15, 0.2) is 38.0 Å². The smallest absolute Gasteiger partial charge is 0.330 e. The van der Waals surface area contributed by atoms with Gasteiger partial charge in [-0.05, 0) is 0 Å². The van der Waals surface area contributed by atoms with Gasteiger partial charge in [0, 0.05) is 55.7 Å². The van der Waals surface area contributed by atoms with Crippen LogP contribution < -0.4 is 5.32 Å². The molecule has 3 atom stereocenters. The molecule has 0 fully saturated rings. The Kier molecular flexibility index (Phi) is 18.7. The monoisotopic (exact) mass is 413 g/mol. The van der Waals surface area contributed by atoms with Gasteiger partial charge in [0.1, 0.15) is 0 Å². The van der Waals surface area contributed by atoms with Crippen molar-refractivity contribution in [2.45, 2.75) is 20.8 Å². The Balaban J connectivity index is 0. The molecule has 0 rings (SSSR count). The van der Waals surface area contributed by atoms with E-state index in [9.17, 15) is 14.4 Å². The van der Waals surface area contributed by atoms with Crippen LogP contribution in [0.25, 0.3) is 0 Å². The van der Waals surface area contributed by atoms with Gasteiger partial charge in [0.2, 0.25) is 0 Å². The fraction of sp³-hybridized carbons (Fsp3) is 0.571. The summed E-state index contributed by atoms with van der Waals surface area (Å²) < 4.78 is 14.5. The van der Waals surface area contributed by atoms with E-state index in [2.05, 4.69) is 29.8 Å². The van der Waals surface area contributed by atoms with Crippen LogP contribution in [0.4, 0.5) is 0 Å². The zero-order valence-corrected chi connectivity index (χ0v) is 17.7. The van der Waals surface area contributed by atoms with E-state index in [1.165, 1.54) is 0 Å². The maximum absolute atomic E-state index is 10.9. The average molecular weight is 414 g/mol. The third kappa shape index (κ3) is 20.1.